The maximum atomic E-state index is 12.1. The first-order chi connectivity index (χ1) is 14.4. The van der Waals surface area contributed by atoms with Crippen molar-refractivity contribution in [2.24, 2.45) is 9.98 Å². The summed E-state index contributed by atoms with van der Waals surface area (Å²) in [7, 11) is 2.10. The van der Waals surface area contributed by atoms with Crippen LogP contribution in [-0.2, 0) is 9.59 Å². The Labute approximate surface area is 180 Å². The molecule has 30 heavy (non-hydrogen) atoms. The molecule has 0 amide bonds. The molecule has 0 radical (unpaired) electrons. The summed E-state index contributed by atoms with van der Waals surface area (Å²) in [5, 5.41) is 42.7. The largest absolute Gasteiger partial charge is 0.858 e. The van der Waals surface area contributed by atoms with Crippen molar-refractivity contribution in [3.8, 4) is 0 Å². The first-order valence-electron chi connectivity index (χ1n) is 8.69. The van der Waals surface area contributed by atoms with Crippen LogP contribution in [0.4, 0.5) is 0 Å². The second-order valence-corrected chi connectivity index (χ2v) is 8.43. The summed E-state index contributed by atoms with van der Waals surface area (Å²) in [5.74, 6) is -3.88. The van der Waals surface area contributed by atoms with Crippen molar-refractivity contribution in [2.75, 3.05) is 11.5 Å². The summed E-state index contributed by atoms with van der Waals surface area (Å²) in [5.41, 5.74) is 0.566. The second-order valence-electron chi connectivity index (χ2n) is 5.88. The summed E-state index contributed by atoms with van der Waals surface area (Å²) in [6, 6.07) is 13.6. The molecule has 8 nitrogen and oxygen atoms in total. The number of hydrogen-bond donors (Lipinski definition) is 2. The molecule has 2 aromatic carbocycles. The smallest absolute Gasteiger partial charge is 0.329 e. The zero-order valence-corrected chi connectivity index (χ0v) is 17.2. The summed E-state index contributed by atoms with van der Waals surface area (Å²) < 4.78 is 0. The van der Waals surface area contributed by atoms with E-state index >= 15 is 0 Å². The lowest BCUT2D eigenvalue weighted by atomic mass is 10.2. The maximum absolute atomic E-state index is 12.1. The zero-order chi connectivity index (χ0) is 21.9. The summed E-state index contributed by atoms with van der Waals surface area (Å²) in [4.78, 5) is 30.2. The third kappa shape index (κ3) is 7.45. The average Bonchev–Trinajstić information content (AvgIpc) is 2.75. The Balaban J connectivity index is 1.94. The Bertz CT molecular complexity index is 831. The van der Waals surface area contributed by atoms with E-state index in [1.807, 2.05) is 0 Å². The van der Waals surface area contributed by atoms with E-state index in [1.54, 1.807) is 36.4 Å². The third-order valence-electron chi connectivity index (χ3n) is 3.69. The standard InChI is InChI=1S/C20H20N2O6S2/c23-17(13-7-3-1-4-8-13)21-15(19(25)26)11-29-30-12-16(20(27)28)22-18(24)14-9-5-2-6-10-14/h1-10,15-16H,11-12H2,(H,21,23)(H,22,24)(H,25,26)(H,27,28)/p-2/t15-,16-/m0/s1. The van der Waals surface area contributed by atoms with Gasteiger partial charge in [0.05, 0.1) is 0 Å². The van der Waals surface area contributed by atoms with Crippen LogP contribution in [0.15, 0.2) is 70.6 Å². The van der Waals surface area contributed by atoms with Gasteiger partial charge in [-0.25, -0.2) is 9.59 Å². The maximum Gasteiger partial charge on any atom is 0.329 e. The molecule has 10 heteroatoms. The molecule has 0 aliphatic heterocycles. The molecule has 2 atom stereocenters. The number of aliphatic imine (C=N–C) groups is 2. The molecule has 0 saturated carbocycles. The summed E-state index contributed by atoms with van der Waals surface area (Å²) in [6.45, 7) is 0. The highest BCUT2D eigenvalue weighted by Gasteiger charge is 2.19. The van der Waals surface area contributed by atoms with E-state index in [4.69, 9.17) is 0 Å². The van der Waals surface area contributed by atoms with Gasteiger partial charge in [-0.05, 0) is 22.9 Å². The molecule has 2 aromatic rings. The minimum Gasteiger partial charge on any atom is -0.858 e. The van der Waals surface area contributed by atoms with Crippen molar-refractivity contribution in [3.63, 3.8) is 0 Å². The SMILES string of the molecule is O=C(O)[C@H](CSSC[C@H](N=C([O-])c1ccccc1)C(=O)O)N=C([O-])c1ccccc1. The Morgan fingerprint density at radius 2 is 1.07 bits per heavy atom. The predicted octanol–water partition coefficient (Wildman–Crippen LogP) is 0.888. The minimum absolute atomic E-state index is 0.0441. The molecule has 0 saturated heterocycles. The van der Waals surface area contributed by atoms with Crippen molar-refractivity contribution in [3.05, 3.63) is 71.8 Å². The predicted molar refractivity (Wildman–Crippen MR) is 114 cm³/mol. The van der Waals surface area contributed by atoms with Crippen LogP contribution in [0.3, 0.4) is 0 Å². The molecule has 2 N–H and O–H groups in total. The minimum atomic E-state index is -1.28. The van der Waals surface area contributed by atoms with Crippen LogP contribution in [-0.4, -0.2) is 57.5 Å². The van der Waals surface area contributed by atoms with Crippen molar-refractivity contribution in [1.82, 2.24) is 0 Å². The van der Waals surface area contributed by atoms with Crippen LogP contribution in [0.25, 0.3) is 0 Å². The van der Waals surface area contributed by atoms with Gasteiger partial charge in [0.25, 0.3) is 0 Å². The highest BCUT2D eigenvalue weighted by Crippen LogP contribution is 2.25. The second kappa shape index (κ2) is 11.9. The van der Waals surface area contributed by atoms with E-state index in [9.17, 15) is 30.0 Å². The first kappa shape index (κ1) is 23.3. The number of carboxylic acid groups (broad SMARTS) is 2. The highest BCUT2D eigenvalue weighted by atomic mass is 33.1. The van der Waals surface area contributed by atoms with Gasteiger partial charge in [0, 0.05) is 11.5 Å². The van der Waals surface area contributed by atoms with Crippen molar-refractivity contribution >= 4 is 45.3 Å². The molecule has 0 fully saturated rings. The number of aliphatic carboxylic acids is 2. The summed E-state index contributed by atoms with van der Waals surface area (Å²) in [6.07, 6.45) is 0. The Kier molecular flexibility index (Phi) is 9.23. The van der Waals surface area contributed by atoms with Crippen LogP contribution in [0.1, 0.15) is 11.1 Å². The highest BCUT2D eigenvalue weighted by molar-refractivity contribution is 8.76. The van der Waals surface area contributed by atoms with Gasteiger partial charge in [0.1, 0.15) is 0 Å². The van der Waals surface area contributed by atoms with Crippen molar-refractivity contribution in [2.45, 2.75) is 12.1 Å². The van der Waals surface area contributed by atoms with Crippen LogP contribution >= 0.6 is 21.6 Å². The van der Waals surface area contributed by atoms with Gasteiger partial charge in [0.2, 0.25) is 0 Å². The van der Waals surface area contributed by atoms with E-state index in [2.05, 4.69) is 9.98 Å². The quantitative estimate of drug-likeness (QED) is 0.224. The van der Waals surface area contributed by atoms with E-state index in [0.717, 1.165) is 21.6 Å². The molecule has 2 rings (SSSR count). The number of carbonyl (C=O) groups is 2. The van der Waals surface area contributed by atoms with Gasteiger partial charge in [-0.15, -0.1) is 0 Å². The van der Waals surface area contributed by atoms with E-state index < -0.39 is 35.8 Å². The van der Waals surface area contributed by atoms with Gasteiger partial charge < -0.3 is 20.4 Å². The average molecular weight is 447 g/mol. The molecule has 0 spiro atoms. The molecule has 158 valence electrons. The number of rotatable bonds is 11. The van der Waals surface area contributed by atoms with Crippen molar-refractivity contribution < 1.29 is 30.0 Å². The number of benzene rings is 2. The molecule has 0 aliphatic rings. The van der Waals surface area contributed by atoms with E-state index in [-0.39, 0.29) is 22.6 Å². The van der Waals surface area contributed by atoms with Crippen LogP contribution < -0.4 is 10.2 Å². The van der Waals surface area contributed by atoms with E-state index in [1.165, 1.54) is 24.3 Å². The fourth-order valence-electron chi connectivity index (χ4n) is 2.15. The first-order valence-corrected chi connectivity index (χ1v) is 11.2. The van der Waals surface area contributed by atoms with Gasteiger partial charge in [-0.1, -0.05) is 82.3 Å². The fourth-order valence-corrected chi connectivity index (χ4v) is 4.38. The lowest BCUT2D eigenvalue weighted by Gasteiger charge is -2.16. The molecular weight excluding hydrogens is 428 g/mol. The summed E-state index contributed by atoms with van der Waals surface area (Å²) >= 11 is 0. The van der Waals surface area contributed by atoms with Crippen LogP contribution in [0.2, 0.25) is 0 Å². The molecule has 0 unspecified atom stereocenters. The molecular formula is C20H18N2O6S2-2. The van der Waals surface area contributed by atoms with Gasteiger partial charge in [-0.2, -0.15) is 0 Å². The Morgan fingerprint density at radius 1 is 0.733 bits per heavy atom. The lowest BCUT2D eigenvalue weighted by molar-refractivity contribution is -0.214. The van der Waals surface area contributed by atoms with Gasteiger partial charge in [0.15, 0.2) is 12.1 Å². The topological polar surface area (TPSA) is 145 Å². The Morgan fingerprint density at radius 3 is 1.37 bits per heavy atom. The molecule has 0 bridgehead atoms. The molecule has 0 aliphatic carbocycles. The molecule has 0 aromatic heterocycles. The number of carboxylic acids is 2. The number of nitrogens with zero attached hydrogens (tertiary/aromatic N) is 2. The number of hydrogen-bond acceptors (Lipinski definition) is 8. The Hall–Kier alpha value is -2.98. The van der Waals surface area contributed by atoms with Crippen molar-refractivity contribution in [1.29, 1.82) is 0 Å². The third-order valence-corrected chi connectivity index (χ3v) is 6.08. The van der Waals surface area contributed by atoms with Crippen LogP contribution in [0.5, 0.6) is 0 Å². The monoisotopic (exact) mass is 446 g/mol. The fraction of sp³-hybridized carbons (Fsp3) is 0.200. The van der Waals surface area contributed by atoms with Gasteiger partial charge >= 0.3 is 11.9 Å². The lowest BCUT2D eigenvalue weighted by Crippen LogP contribution is -2.28. The van der Waals surface area contributed by atoms with Crippen LogP contribution in [0, 0.1) is 0 Å². The molecule has 0 heterocycles. The van der Waals surface area contributed by atoms with Gasteiger partial charge in [-0.3, -0.25) is 9.98 Å². The zero-order valence-electron chi connectivity index (χ0n) is 15.6. The normalized spacial score (nSPS) is 14.1. The van der Waals surface area contributed by atoms with E-state index in [0.29, 0.717) is 0 Å².